The SMILES string of the molecule is Cc1c(-c2nc(-c3ccccc3)nc(-c3cccc4ccccc34)n2)cccc1-c1cccc(-n2c3ccccc3c3cccnc32)c1C. The van der Waals surface area contributed by atoms with Gasteiger partial charge in [0.05, 0.1) is 11.2 Å². The van der Waals surface area contributed by atoms with Crippen molar-refractivity contribution < 1.29 is 0 Å². The Morgan fingerprint density at radius 2 is 1.02 bits per heavy atom. The molecule has 0 fully saturated rings. The predicted octanol–water partition coefficient (Wildman–Crippen LogP) is 10.8. The van der Waals surface area contributed by atoms with Gasteiger partial charge in [-0.1, -0.05) is 121 Å². The van der Waals surface area contributed by atoms with Crippen molar-refractivity contribution in [3.8, 4) is 51.0 Å². The van der Waals surface area contributed by atoms with Gasteiger partial charge < -0.3 is 0 Å². The average Bonchev–Trinajstić information content (AvgIpc) is 3.49. The summed E-state index contributed by atoms with van der Waals surface area (Å²) in [6.45, 7) is 4.37. The van der Waals surface area contributed by atoms with E-state index in [-0.39, 0.29) is 0 Å². The van der Waals surface area contributed by atoms with E-state index in [4.69, 9.17) is 19.9 Å². The molecule has 0 spiro atoms. The van der Waals surface area contributed by atoms with E-state index in [0.717, 1.165) is 66.4 Å². The molecule has 0 bridgehead atoms. The number of aromatic nitrogens is 5. The van der Waals surface area contributed by atoms with Crippen LogP contribution in [-0.2, 0) is 0 Å². The minimum atomic E-state index is 0.648. The van der Waals surface area contributed by atoms with E-state index in [1.54, 1.807) is 0 Å². The third kappa shape index (κ3) is 4.78. The number of hydrogen-bond donors (Lipinski definition) is 0. The Bertz CT molecular complexity index is 2630. The number of hydrogen-bond acceptors (Lipinski definition) is 4. The highest BCUT2D eigenvalue weighted by Gasteiger charge is 2.20. The summed E-state index contributed by atoms with van der Waals surface area (Å²) in [5, 5.41) is 4.60. The topological polar surface area (TPSA) is 56.5 Å². The molecule has 0 radical (unpaired) electrons. The lowest BCUT2D eigenvalue weighted by atomic mass is 9.92. The zero-order valence-electron chi connectivity index (χ0n) is 27.2. The molecule has 3 heterocycles. The fraction of sp³-hybridized carbons (Fsp3) is 0.0455. The molecule has 0 aliphatic carbocycles. The predicted molar refractivity (Wildman–Crippen MR) is 201 cm³/mol. The second-order valence-corrected chi connectivity index (χ2v) is 12.4. The van der Waals surface area contributed by atoms with Crippen LogP contribution in [0.4, 0.5) is 0 Å². The van der Waals surface area contributed by atoms with Crippen molar-refractivity contribution in [2.75, 3.05) is 0 Å². The van der Waals surface area contributed by atoms with Crippen molar-refractivity contribution in [2.45, 2.75) is 13.8 Å². The second-order valence-electron chi connectivity index (χ2n) is 12.4. The third-order valence-corrected chi connectivity index (χ3v) is 9.54. The van der Waals surface area contributed by atoms with Crippen LogP contribution in [0.5, 0.6) is 0 Å². The lowest BCUT2D eigenvalue weighted by Crippen LogP contribution is -2.03. The normalized spacial score (nSPS) is 11.5. The lowest BCUT2D eigenvalue weighted by molar-refractivity contribution is 1.07. The van der Waals surface area contributed by atoms with Gasteiger partial charge in [-0.15, -0.1) is 0 Å². The molecule has 0 amide bonds. The zero-order chi connectivity index (χ0) is 32.9. The first-order valence-corrected chi connectivity index (χ1v) is 16.5. The van der Waals surface area contributed by atoms with E-state index in [0.29, 0.717) is 17.5 Å². The van der Waals surface area contributed by atoms with Crippen LogP contribution in [0.25, 0.3) is 83.7 Å². The van der Waals surface area contributed by atoms with Crippen LogP contribution in [0.2, 0.25) is 0 Å². The molecule has 0 aliphatic rings. The highest BCUT2D eigenvalue weighted by Crippen LogP contribution is 2.38. The van der Waals surface area contributed by atoms with Crippen LogP contribution >= 0.6 is 0 Å². The molecule has 0 saturated heterocycles. The Balaban J connectivity index is 1.23. The van der Waals surface area contributed by atoms with E-state index in [1.165, 1.54) is 10.9 Å². The van der Waals surface area contributed by atoms with Crippen molar-refractivity contribution in [1.82, 2.24) is 24.5 Å². The van der Waals surface area contributed by atoms with Crippen molar-refractivity contribution >= 4 is 32.7 Å². The number of fused-ring (bicyclic) bond motifs is 4. The minimum absolute atomic E-state index is 0.648. The average molecular weight is 630 g/mol. The van der Waals surface area contributed by atoms with Crippen molar-refractivity contribution in [3.63, 3.8) is 0 Å². The molecule has 3 aromatic heterocycles. The van der Waals surface area contributed by atoms with Crippen molar-refractivity contribution in [2.24, 2.45) is 0 Å². The van der Waals surface area contributed by atoms with Gasteiger partial charge in [-0.3, -0.25) is 4.57 Å². The fourth-order valence-electron chi connectivity index (χ4n) is 7.12. The van der Waals surface area contributed by atoms with Crippen LogP contribution in [0.15, 0.2) is 152 Å². The fourth-order valence-corrected chi connectivity index (χ4v) is 7.12. The Morgan fingerprint density at radius 1 is 0.429 bits per heavy atom. The molecule has 0 N–H and O–H groups in total. The maximum atomic E-state index is 5.16. The summed E-state index contributed by atoms with van der Waals surface area (Å²) < 4.78 is 2.29. The highest BCUT2D eigenvalue weighted by atomic mass is 15.1. The van der Waals surface area contributed by atoms with E-state index in [1.807, 2.05) is 42.6 Å². The Morgan fingerprint density at radius 3 is 1.88 bits per heavy atom. The smallest absolute Gasteiger partial charge is 0.164 e. The summed E-state index contributed by atoms with van der Waals surface area (Å²) >= 11 is 0. The van der Waals surface area contributed by atoms with Gasteiger partial charge in [-0.25, -0.2) is 19.9 Å². The summed E-state index contributed by atoms with van der Waals surface area (Å²) in [5.41, 5.74) is 10.7. The van der Waals surface area contributed by atoms with Gasteiger partial charge in [0.2, 0.25) is 0 Å². The molecule has 9 aromatic rings. The van der Waals surface area contributed by atoms with Crippen LogP contribution < -0.4 is 0 Å². The van der Waals surface area contributed by atoms with Crippen LogP contribution in [0.3, 0.4) is 0 Å². The summed E-state index contributed by atoms with van der Waals surface area (Å²) in [7, 11) is 0. The third-order valence-electron chi connectivity index (χ3n) is 9.54. The Hall–Kier alpha value is -6.46. The van der Waals surface area contributed by atoms with Crippen LogP contribution in [-0.4, -0.2) is 24.5 Å². The Labute approximate surface area is 284 Å². The van der Waals surface area contributed by atoms with Crippen molar-refractivity contribution in [1.29, 1.82) is 0 Å². The van der Waals surface area contributed by atoms with E-state index >= 15 is 0 Å². The van der Waals surface area contributed by atoms with Crippen molar-refractivity contribution in [3.05, 3.63) is 163 Å². The minimum Gasteiger partial charge on any atom is -0.294 e. The zero-order valence-corrected chi connectivity index (χ0v) is 27.2. The first-order chi connectivity index (χ1) is 24.2. The maximum Gasteiger partial charge on any atom is 0.164 e. The van der Waals surface area contributed by atoms with Gasteiger partial charge in [0.15, 0.2) is 17.5 Å². The quantitative estimate of drug-likeness (QED) is 0.190. The van der Waals surface area contributed by atoms with Gasteiger partial charge >= 0.3 is 0 Å². The summed E-state index contributed by atoms with van der Waals surface area (Å²) in [6.07, 6.45) is 1.87. The molecule has 5 nitrogen and oxygen atoms in total. The maximum absolute atomic E-state index is 5.16. The molecule has 49 heavy (non-hydrogen) atoms. The number of para-hydroxylation sites is 1. The van der Waals surface area contributed by atoms with Gasteiger partial charge in [0, 0.05) is 33.7 Å². The summed E-state index contributed by atoms with van der Waals surface area (Å²) in [5.74, 6) is 1.95. The number of pyridine rings is 1. The molecule has 0 saturated carbocycles. The molecular formula is C44H31N5. The molecule has 0 aliphatic heterocycles. The Kier molecular flexibility index (Phi) is 6.83. The molecule has 232 valence electrons. The molecular weight excluding hydrogens is 599 g/mol. The molecule has 0 atom stereocenters. The molecule has 9 rings (SSSR count). The number of benzene rings is 6. The number of nitrogens with zero attached hydrogens (tertiary/aromatic N) is 5. The first kappa shape index (κ1) is 28.7. The first-order valence-electron chi connectivity index (χ1n) is 16.5. The van der Waals surface area contributed by atoms with E-state index < -0.39 is 0 Å². The molecule has 6 aromatic carbocycles. The highest BCUT2D eigenvalue weighted by molar-refractivity contribution is 6.08. The molecule has 5 heteroatoms. The lowest BCUT2D eigenvalue weighted by Gasteiger charge is -2.17. The standard InChI is InChI=1S/C44H31N5/c1-28-32(33-21-12-26-39(29(33)2)49-40-25-9-8-19-36(40)38-24-13-27-45-44(38)49)20-11-22-34(28)42-46-41(31-15-4-3-5-16-31)47-43(48-42)37-23-10-17-30-14-6-7-18-35(30)37/h3-27H,1-2H3. The van der Waals surface area contributed by atoms with Gasteiger partial charge in [0.1, 0.15) is 5.65 Å². The van der Waals surface area contributed by atoms with Gasteiger partial charge in [-0.2, -0.15) is 0 Å². The van der Waals surface area contributed by atoms with Crippen LogP contribution in [0, 0.1) is 13.8 Å². The monoisotopic (exact) mass is 629 g/mol. The van der Waals surface area contributed by atoms with Gasteiger partial charge in [0.25, 0.3) is 0 Å². The summed E-state index contributed by atoms with van der Waals surface area (Å²) in [6, 6.07) is 50.4. The van der Waals surface area contributed by atoms with E-state index in [9.17, 15) is 0 Å². The summed E-state index contributed by atoms with van der Waals surface area (Å²) in [4.78, 5) is 20.1. The molecule has 0 unspecified atom stereocenters. The number of rotatable bonds is 5. The largest absolute Gasteiger partial charge is 0.294 e. The van der Waals surface area contributed by atoms with Gasteiger partial charge in [-0.05, 0) is 71.1 Å². The van der Waals surface area contributed by atoms with E-state index in [2.05, 4.69) is 128 Å². The second kappa shape index (κ2) is 11.7. The van der Waals surface area contributed by atoms with Crippen LogP contribution in [0.1, 0.15) is 11.1 Å².